The van der Waals surface area contributed by atoms with Crippen LogP contribution in [0.15, 0.2) is 97.2 Å². The maximum absolute atomic E-state index is 12.3. The molecule has 0 amide bonds. The van der Waals surface area contributed by atoms with E-state index in [0.29, 0.717) is 12.8 Å². The number of hydrogen-bond acceptors (Lipinski definition) is 5. The summed E-state index contributed by atoms with van der Waals surface area (Å²) in [5, 5.41) is 9.67. The van der Waals surface area contributed by atoms with Crippen molar-refractivity contribution in [1.82, 2.24) is 0 Å². The highest BCUT2D eigenvalue weighted by Gasteiger charge is 2.16. The molecule has 0 aliphatic heterocycles. The molecule has 0 heterocycles. The molecule has 1 unspecified atom stereocenters. The Kier molecular flexibility index (Phi) is 59.4. The van der Waals surface area contributed by atoms with Crippen molar-refractivity contribution < 1.29 is 24.2 Å². The van der Waals surface area contributed by atoms with Crippen LogP contribution in [0.4, 0.5) is 0 Å². The standard InChI is InChI=1S/C67H116O5/c1-3-5-7-9-11-13-15-17-19-21-23-25-26-27-28-29-30-31-32-33-34-35-36-37-38-39-40-42-44-46-48-50-52-54-56-58-60-62-67(70)72-65(63-68)64-71-66(69)61-59-57-55-53-51-49-47-45-43-41-24-22-20-18-16-14-12-10-8-6-4-2/h5,7,11,13,17,19,23,25,27-28,30-31,33-34,36-37,65,68H,3-4,6,8-10,12,14-16,18,20-22,24,26,29,32,35,38-64H2,1-2H3/b7-5-,13-11-,19-17-,25-23-,28-27-,31-30-,34-33-,37-36-. The molecule has 0 saturated heterocycles. The molecule has 0 aliphatic carbocycles. The molecule has 5 nitrogen and oxygen atoms in total. The van der Waals surface area contributed by atoms with Gasteiger partial charge in [-0.2, -0.15) is 0 Å². The van der Waals surface area contributed by atoms with Crippen LogP contribution in [0.3, 0.4) is 0 Å². The number of hydrogen-bond donors (Lipinski definition) is 1. The van der Waals surface area contributed by atoms with Crippen LogP contribution < -0.4 is 0 Å². The van der Waals surface area contributed by atoms with Crippen LogP contribution in [-0.2, 0) is 19.1 Å². The van der Waals surface area contributed by atoms with Crippen LogP contribution in [-0.4, -0.2) is 36.4 Å². The third-order valence-corrected chi connectivity index (χ3v) is 13.4. The van der Waals surface area contributed by atoms with Crippen LogP contribution in [0.5, 0.6) is 0 Å². The molecule has 0 radical (unpaired) electrons. The first-order valence-electron chi connectivity index (χ1n) is 30.8. The van der Waals surface area contributed by atoms with Gasteiger partial charge in [0.25, 0.3) is 0 Å². The van der Waals surface area contributed by atoms with E-state index in [-0.39, 0.29) is 25.2 Å². The Hall–Kier alpha value is -3.18. The van der Waals surface area contributed by atoms with E-state index in [4.69, 9.17) is 9.47 Å². The van der Waals surface area contributed by atoms with E-state index in [1.165, 1.54) is 180 Å². The van der Waals surface area contributed by atoms with Crippen molar-refractivity contribution >= 4 is 11.9 Å². The molecule has 0 spiro atoms. The van der Waals surface area contributed by atoms with E-state index >= 15 is 0 Å². The highest BCUT2D eigenvalue weighted by atomic mass is 16.6. The predicted octanol–water partition coefficient (Wildman–Crippen LogP) is 21.1. The monoisotopic (exact) mass is 1000 g/mol. The first kappa shape index (κ1) is 68.8. The lowest BCUT2D eigenvalue weighted by atomic mass is 10.0. The lowest BCUT2D eigenvalue weighted by Crippen LogP contribution is -2.28. The molecule has 0 aromatic heterocycles. The Labute approximate surface area is 447 Å². The van der Waals surface area contributed by atoms with Crippen molar-refractivity contribution in [2.24, 2.45) is 0 Å². The summed E-state index contributed by atoms with van der Waals surface area (Å²) in [6.45, 7) is 4.06. The number of aliphatic hydroxyl groups excluding tert-OH is 1. The van der Waals surface area contributed by atoms with Crippen molar-refractivity contribution in [2.45, 2.75) is 302 Å². The number of esters is 2. The summed E-state index contributed by atoms with van der Waals surface area (Å²) in [5.74, 6) is -0.583. The Morgan fingerprint density at radius 1 is 0.333 bits per heavy atom. The summed E-state index contributed by atoms with van der Waals surface area (Å²) >= 11 is 0. The lowest BCUT2D eigenvalue weighted by molar-refractivity contribution is -0.161. The Morgan fingerprint density at radius 3 is 0.903 bits per heavy atom. The van der Waals surface area contributed by atoms with Gasteiger partial charge in [-0.25, -0.2) is 0 Å². The molecule has 0 aromatic rings. The molecular weight excluding hydrogens is 885 g/mol. The summed E-state index contributed by atoms with van der Waals surface area (Å²) in [6, 6.07) is 0. The van der Waals surface area contributed by atoms with Crippen molar-refractivity contribution in [3.8, 4) is 0 Å². The van der Waals surface area contributed by atoms with E-state index in [9.17, 15) is 14.7 Å². The Balaban J connectivity index is 3.51. The summed E-state index contributed by atoms with van der Waals surface area (Å²) in [5.41, 5.74) is 0. The number of ether oxygens (including phenoxy) is 2. The number of unbranched alkanes of at least 4 members (excludes halogenated alkanes) is 32. The zero-order valence-electron chi connectivity index (χ0n) is 47.4. The number of allylic oxidation sites excluding steroid dienone is 16. The number of carbonyl (C=O) groups excluding carboxylic acids is 2. The summed E-state index contributed by atoms with van der Waals surface area (Å²) < 4.78 is 10.7. The van der Waals surface area contributed by atoms with Crippen molar-refractivity contribution in [2.75, 3.05) is 13.2 Å². The second kappa shape index (κ2) is 62.1. The van der Waals surface area contributed by atoms with Crippen LogP contribution in [0, 0.1) is 0 Å². The van der Waals surface area contributed by atoms with Gasteiger partial charge in [0, 0.05) is 12.8 Å². The van der Waals surface area contributed by atoms with Crippen LogP contribution in [0.25, 0.3) is 0 Å². The van der Waals surface area contributed by atoms with Gasteiger partial charge in [0.05, 0.1) is 6.61 Å². The van der Waals surface area contributed by atoms with Gasteiger partial charge >= 0.3 is 11.9 Å². The molecule has 0 fully saturated rings. The fourth-order valence-electron chi connectivity index (χ4n) is 8.81. The first-order chi connectivity index (χ1) is 35.6. The van der Waals surface area contributed by atoms with Crippen LogP contribution in [0.1, 0.15) is 296 Å². The molecule has 1 N–H and O–H groups in total. The van der Waals surface area contributed by atoms with Gasteiger partial charge in [-0.3, -0.25) is 9.59 Å². The van der Waals surface area contributed by atoms with Crippen molar-refractivity contribution in [3.05, 3.63) is 97.2 Å². The second-order valence-electron chi connectivity index (χ2n) is 20.4. The predicted molar refractivity (Wildman–Crippen MR) is 316 cm³/mol. The zero-order valence-corrected chi connectivity index (χ0v) is 47.4. The van der Waals surface area contributed by atoms with Gasteiger partial charge in [-0.05, 0) is 77.0 Å². The third kappa shape index (κ3) is 59.4. The third-order valence-electron chi connectivity index (χ3n) is 13.4. The fourth-order valence-corrected chi connectivity index (χ4v) is 8.81. The molecule has 414 valence electrons. The van der Waals surface area contributed by atoms with E-state index in [0.717, 1.165) is 89.9 Å². The maximum atomic E-state index is 12.3. The highest BCUT2D eigenvalue weighted by Crippen LogP contribution is 2.17. The lowest BCUT2D eigenvalue weighted by Gasteiger charge is -2.15. The molecule has 0 saturated carbocycles. The second-order valence-corrected chi connectivity index (χ2v) is 20.4. The van der Waals surface area contributed by atoms with Crippen LogP contribution in [0.2, 0.25) is 0 Å². The molecule has 0 aliphatic rings. The zero-order chi connectivity index (χ0) is 52.0. The molecule has 0 bridgehead atoms. The smallest absolute Gasteiger partial charge is 0.306 e. The number of rotatable bonds is 56. The molecular formula is C67H116O5. The summed E-state index contributed by atoms with van der Waals surface area (Å²) in [6.07, 6.45) is 88.2. The van der Waals surface area contributed by atoms with Gasteiger partial charge in [-0.1, -0.05) is 304 Å². The fraction of sp³-hybridized carbons (Fsp3) is 0.731. The normalized spacial score (nSPS) is 12.9. The van der Waals surface area contributed by atoms with E-state index < -0.39 is 6.10 Å². The number of aliphatic hydroxyl groups is 1. The minimum Gasteiger partial charge on any atom is -0.462 e. The number of carbonyl (C=O) groups is 2. The molecule has 0 aromatic carbocycles. The van der Waals surface area contributed by atoms with Crippen LogP contribution >= 0.6 is 0 Å². The summed E-state index contributed by atoms with van der Waals surface area (Å²) in [4.78, 5) is 24.6. The molecule has 72 heavy (non-hydrogen) atoms. The van der Waals surface area contributed by atoms with Gasteiger partial charge in [0.2, 0.25) is 0 Å². The maximum Gasteiger partial charge on any atom is 0.306 e. The van der Waals surface area contributed by atoms with Gasteiger partial charge in [-0.15, -0.1) is 0 Å². The minimum atomic E-state index is -0.776. The SMILES string of the molecule is CC/C=C\C/C=C\C/C=C\C/C=C\C/C=C\C/C=C\C/C=C\C/C=C\CCCCCCCCCCCCCCC(=O)OC(CO)COC(=O)CCCCCCCCCCCCCCCCCCCCCCC. The average molecular weight is 1000 g/mol. The van der Waals surface area contributed by atoms with E-state index in [2.05, 4.69) is 111 Å². The summed E-state index contributed by atoms with van der Waals surface area (Å²) in [7, 11) is 0. The van der Waals surface area contributed by atoms with Gasteiger partial charge in [0.15, 0.2) is 6.10 Å². The van der Waals surface area contributed by atoms with E-state index in [1.807, 2.05) is 0 Å². The molecule has 1 atom stereocenters. The topological polar surface area (TPSA) is 72.8 Å². The molecule has 0 rings (SSSR count). The Bertz CT molecular complexity index is 1360. The quantitative estimate of drug-likeness (QED) is 0.0373. The molecule has 5 heteroatoms. The first-order valence-corrected chi connectivity index (χ1v) is 30.8. The largest absolute Gasteiger partial charge is 0.462 e. The van der Waals surface area contributed by atoms with Crippen molar-refractivity contribution in [3.63, 3.8) is 0 Å². The Morgan fingerprint density at radius 2 is 0.597 bits per heavy atom. The van der Waals surface area contributed by atoms with Gasteiger partial charge < -0.3 is 14.6 Å². The van der Waals surface area contributed by atoms with E-state index in [1.54, 1.807) is 0 Å². The van der Waals surface area contributed by atoms with Crippen molar-refractivity contribution in [1.29, 1.82) is 0 Å². The average Bonchev–Trinajstić information content (AvgIpc) is 3.38. The van der Waals surface area contributed by atoms with Gasteiger partial charge in [0.1, 0.15) is 6.61 Å². The highest BCUT2D eigenvalue weighted by molar-refractivity contribution is 5.70. The minimum absolute atomic E-state index is 0.0661.